The van der Waals surface area contributed by atoms with E-state index in [9.17, 15) is 0 Å². The van der Waals surface area contributed by atoms with Gasteiger partial charge < -0.3 is 9.64 Å². The lowest BCUT2D eigenvalue weighted by Gasteiger charge is -2.32. The topological polar surface area (TPSA) is 36.3 Å². The lowest BCUT2D eigenvalue weighted by molar-refractivity contribution is 0.114. The molecule has 17 heavy (non-hydrogen) atoms. The first-order valence-corrected chi connectivity index (χ1v) is 5.74. The summed E-state index contributed by atoms with van der Waals surface area (Å²) in [4.78, 5) is 2.08. The molecular weight excluding hydrogens is 236 g/mol. The Morgan fingerprint density at radius 2 is 2.06 bits per heavy atom. The molecule has 0 unspecified atom stereocenters. The Hall–Kier alpha value is -1.24. The molecule has 3 nitrogen and oxygen atoms in total. The maximum atomic E-state index is 8.98. The minimum absolute atomic E-state index is 0.0909. The van der Waals surface area contributed by atoms with Crippen molar-refractivity contribution in [1.29, 1.82) is 5.26 Å². The van der Waals surface area contributed by atoms with Crippen molar-refractivity contribution in [1.82, 2.24) is 4.90 Å². The highest BCUT2D eigenvalue weighted by atomic mass is 35.5. The Bertz CT molecular complexity index is 436. The van der Waals surface area contributed by atoms with Crippen LogP contribution in [0.2, 0.25) is 5.02 Å². The first kappa shape index (κ1) is 13.8. The predicted octanol–water partition coefficient (Wildman–Crippen LogP) is 2.93. The summed E-state index contributed by atoms with van der Waals surface area (Å²) in [6.45, 7) is 4.67. The van der Waals surface area contributed by atoms with E-state index in [0.29, 0.717) is 22.9 Å². The second kappa shape index (κ2) is 5.39. The third-order valence-electron chi connectivity index (χ3n) is 2.85. The monoisotopic (exact) mass is 252 g/mol. The lowest BCUT2D eigenvalue weighted by Crippen LogP contribution is -2.43. The molecule has 0 aliphatic heterocycles. The average molecular weight is 253 g/mol. The highest BCUT2D eigenvalue weighted by Gasteiger charge is 2.21. The van der Waals surface area contributed by atoms with E-state index in [0.717, 1.165) is 0 Å². The maximum Gasteiger partial charge on any atom is 0.137 e. The van der Waals surface area contributed by atoms with Gasteiger partial charge in [-0.2, -0.15) is 5.26 Å². The van der Waals surface area contributed by atoms with Gasteiger partial charge in [0.2, 0.25) is 0 Å². The van der Waals surface area contributed by atoms with Gasteiger partial charge in [0.1, 0.15) is 18.4 Å². The Kier molecular flexibility index (Phi) is 4.39. The van der Waals surface area contributed by atoms with Crippen LogP contribution in [-0.4, -0.2) is 31.1 Å². The minimum Gasteiger partial charge on any atom is -0.490 e. The zero-order valence-electron chi connectivity index (χ0n) is 10.6. The average Bonchev–Trinajstić information content (AvgIpc) is 2.27. The van der Waals surface area contributed by atoms with Crippen molar-refractivity contribution in [3.8, 4) is 11.8 Å². The Morgan fingerprint density at radius 1 is 1.41 bits per heavy atom. The number of rotatable bonds is 4. The molecule has 1 aromatic rings. The SMILES string of the molecule is CN(C)C(C)(C)COc1ccc(Cl)cc1C#N. The Balaban J connectivity index is 2.80. The molecule has 0 bridgehead atoms. The van der Waals surface area contributed by atoms with Crippen molar-refractivity contribution in [3.05, 3.63) is 28.8 Å². The molecule has 0 aliphatic carbocycles. The molecule has 1 rings (SSSR count). The summed E-state index contributed by atoms with van der Waals surface area (Å²) in [5, 5.41) is 9.52. The Labute approximate surface area is 108 Å². The molecule has 0 N–H and O–H groups in total. The molecule has 4 heteroatoms. The third kappa shape index (κ3) is 3.62. The number of nitriles is 1. The van der Waals surface area contributed by atoms with Crippen molar-refractivity contribution in [3.63, 3.8) is 0 Å². The van der Waals surface area contributed by atoms with E-state index in [4.69, 9.17) is 21.6 Å². The van der Waals surface area contributed by atoms with Crippen LogP contribution in [0.3, 0.4) is 0 Å². The largest absolute Gasteiger partial charge is 0.490 e. The van der Waals surface area contributed by atoms with E-state index < -0.39 is 0 Å². The summed E-state index contributed by atoms with van der Waals surface area (Å²) < 4.78 is 5.69. The quantitative estimate of drug-likeness (QED) is 0.827. The van der Waals surface area contributed by atoms with E-state index >= 15 is 0 Å². The molecule has 0 aliphatic rings. The molecule has 1 aromatic carbocycles. The van der Waals surface area contributed by atoms with Gasteiger partial charge in [0.15, 0.2) is 0 Å². The van der Waals surface area contributed by atoms with Gasteiger partial charge in [-0.25, -0.2) is 0 Å². The van der Waals surface area contributed by atoms with Gasteiger partial charge in [-0.05, 0) is 46.1 Å². The lowest BCUT2D eigenvalue weighted by atomic mass is 10.1. The minimum atomic E-state index is -0.0909. The van der Waals surface area contributed by atoms with E-state index in [1.165, 1.54) is 0 Å². The summed E-state index contributed by atoms with van der Waals surface area (Å²) >= 11 is 5.82. The highest BCUT2D eigenvalue weighted by molar-refractivity contribution is 6.30. The summed E-state index contributed by atoms with van der Waals surface area (Å²) in [5.41, 5.74) is 0.374. The fourth-order valence-electron chi connectivity index (χ4n) is 1.10. The van der Waals surface area contributed by atoms with Crippen LogP contribution < -0.4 is 4.74 Å². The smallest absolute Gasteiger partial charge is 0.137 e. The summed E-state index contributed by atoms with van der Waals surface area (Å²) in [6, 6.07) is 7.14. The normalized spacial score (nSPS) is 11.4. The van der Waals surface area contributed by atoms with E-state index in [1.54, 1.807) is 18.2 Å². The number of benzene rings is 1. The standard InChI is InChI=1S/C13H17ClN2O/c1-13(2,16(3)4)9-17-12-6-5-11(14)7-10(12)8-15/h5-7H,9H2,1-4H3. The molecular formula is C13H17ClN2O. The number of likely N-dealkylation sites (N-methyl/N-ethyl adjacent to an activating group) is 1. The number of halogens is 1. The number of hydrogen-bond donors (Lipinski definition) is 0. The van der Waals surface area contributed by atoms with Crippen LogP contribution in [0, 0.1) is 11.3 Å². The van der Waals surface area contributed by atoms with Crippen LogP contribution in [0.25, 0.3) is 0 Å². The van der Waals surface area contributed by atoms with Gasteiger partial charge in [-0.3, -0.25) is 0 Å². The summed E-state index contributed by atoms with van der Waals surface area (Å²) in [7, 11) is 3.99. The Morgan fingerprint density at radius 3 is 2.59 bits per heavy atom. The molecule has 0 aromatic heterocycles. The zero-order valence-corrected chi connectivity index (χ0v) is 11.4. The summed E-state index contributed by atoms with van der Waals surface area (Å²) in [6.07, 6.45) is 0. The van der Waals surface area contributed by atoms with Gasteiger partial charge >= 0.3 is 0 Å². The van der Waals surface area contributed by atoms with Crippen LogP contribution >= 0.6 is 11.6 Å². The van der Waals surface area contributed by atoms with Gasteiger partial charge in [-0.15, -0.1) is 0 Å². The van der Waals surface area contributed by atoms with Crippen LogP contribution in [0.5, 0.6) is 5.75 Å². The molecule has 0 atom stereocenters. The number of nitrogens with zero attached hydrogens (tertiary/aromatic N) is 2. The van der Waals surface area contributed by atoms with Crippen LogP contribution in [0.1, 0.15) is 19.4 Å². The molecule has 92 valence electrons. The number of hydrogen-bond acceptors (Lipinski definition) is 3. The molecule has 0 spiro atoms. The second-order valence-corrected chi connectivity index (χ2v) is 5.18. The van der Waals surface area contributed by atoms with Gasteiger partial charge in [-0.1, -0.05) is 11.6 Å². The van der Waals surface area contributed by atoms with Gasteiger partial charge in [0, 0.05) is 10.6 Å². The van der Waals surface area contributed by atoms with E-state index in [-0.39, 0.29) is 5.54 Å². The van der Waals surface area contributed by atoms with Gasteiger partial charge in [0.25, 0.3) is 0 Å². The first-order chi connectivity index (χ1) is 7.86. The predicted molar refractivity (Wildman–Crippen MR) is 69.4 cm³/mol. The molecule has 0 fully saturated rings. The van der Waals surface area contributed by atoms with Crippen molar-refractivity contribution in [2.75, 3.05) is 20.7 Å². The summed E-state index contributed by atoms with van der Waals surface area (Å²) in [5.74, 6) is 0.576. The second-order valence-electron chi connectivity index (χ2n) is 4.75. The van der Waals surface area contributed by atoms with Gasteiger partial charge in [0.05, 0.1) is 5.56 Å². The third-order valence-corrected chi connectivity index (χ3v) is 3.09. The fraction of sp³-hybridized carbons (Fsp3) is 0.462. The van der Waals surface area contributed by atoms with Crippen molar-refractivity contribution < 1.29 is 4.74 Å². The van der Waals surface area contributed by atoms with Crippen molar-refractivity contribution in [2.45, 2.75) is 19.4 Å². The maximum absolute atomic E-state index is 8.98. The molecule has 0 saturated heterocycles. The molecule has 0 heterocycles. The van der Waals surface area contributed by atoms with Crippen LogP contribution in [0.4, 0.5) is 0 Å². The van der Waals surface area contributed by atoms with E-state index in [1.807, 2.05) is 14.1 Å². The van der Waals surface area contributed by atoms with Crippen molar-refractivity contribution in [2.24, 2.45) is 0 Å². The molecule has 0 radical (unpaired) electrons. The molecule has 0 saturated carbocycles. The fourth-order valence-corrected chi connectivity index (χ4v) is 1.27. The zero-order chi connectivity index (χ0) is 13.1. The highest BCUT2D eigenvalue weighted by Crippen LogP contribution is 2.23. The molecule has 0 amide bonds. The van der Waals surface area contributed by atoms with Crippen molar-refractivity contribution >= 4 is 11.6 Å². The first-order valence-electron chi connectivity index (χ1n) is 5.37. The van der Waals surface area contributed by atoms with Crippen LogP contribution in [-0.2, 0) is 0 Å². The number of ether oxygens (including phenoxy) is 1. The van der Waals surface area contributed by atoms with E-state index in [2.05, 4.69) is 24.8 Å². The van der Waals surface area contributed by atoms with Crippen LogP contribution in [0.15, 0.2) is 18.2 Å².